The molecule has 1 aliphatic rings. The zero-order chi connectivity index (χ0) is 18.5. The van der Waals surface area contributed by atoms with Crippen LogP contribution in [0.3, 0.4) is 0 Å². The molecule has 2 heterocycles. The Morgan fingerprint density at radius 2 is 2.00 bits per heavy atom. The van der Waals surface area contributed by atoms with E-state index in [0.717, 1.165) is 48.6 Å². The average Bonchev–Trinajstić information content (AvgIpc) is 2.68. The predicted octanol–water partition coefficient (Wildman–Crippen LogP) is 3.02. The molecule has 1 saturated heterocycles. The molecule has 1 fully saturated rings. The van der Waals surface area contributed by atoms with E-state index in [0.29, 0.717) is 12.5 Å². The molecule has 1 aromatic carbocycles. The zero-order valence-corrected chi connectivity index (χ0v) is 15.8. The number of methoxy groups -OCH3 is 1. The number of rotatable bonds is 5. The van der Waals surface area contributed by atoms with Gasteiger partial charge in [0.15, 0.2) is 0 Å². The summed E-state index contributed by atoms with van der Waals surface area (Å²) in [4.78, 5) is 21.2. The number of aromatic nitrogens is 1. The molecule has 1 aromatic heterocycles. The van der Waals surface area contributed by atoms with Crippen molar-refractivity contribution >= 4 is 5.91 Å². The van der Waals surface area contributed by atoms with Gasteiger partial charge in [-0.25, -0.2) is 0 Å². The fourth-order valence-electron chi connectivity index (χ4n) is 3.42. The fourth-order valence-corrected chi connectivity index (χ4v) is 3.42. The zero-order valence-electron chi connectivity index (χ0n) is 15.8. The first kappa shape index (κ1) is 18.4. The van der Waals surface area contributed by atoms with Crippen LogP contribution in [0.25, 0.3) is 11.3 Å². The highest BCUT2D eigenvalue weighted by molar-refractivity contribution is 5.78. The summed E-state index contributed by atoms with van der Waals surface area (Å²) in [6.45, 7) is 2.07. The van der Waals surface area contributed by atoms with Crippen LogP contribution in [0.15, 0.2) is 42.5 Å². The predicted molar refractivity (Wildman–Crippen MR) is 103 cm³/mol. The SMILES string of the molecule is COc1ccc(-c2cccc([C@H]3CCCN(C(=O)CN(C)C)C3)n2)cc1. The minimum atomic E-state index is 0.200. The minimum Gasteiger partial charge on any atom is -0.497 e. The lowest BCUT2D eigenvalue weighted by atomic mass is 9.93. The number of ether oxygens (including phenoxy) is 1. The van der Waals surface area contributed by atoms with Gasteiger partial charge in [-0.15, -0.1) is 0 Å². The summed E-state index contributed by atoms with van der Waals surface area (Å²) in [7, 11) is 5.53. The van der Waals surface area contributed by atoms with Crippen molar-refractivity contribution in [3.05, 3.63) is 48.2 Å². The first-order valence-electron chi connectivity index (χ1n) is 9.10. The molecule has 0 spiro atoms. The molecule has 0 N–H and O–H groups in total. The van der Waals surface area contributed by atoms with Crippen LogP contribution in [-0.2, 0) is 4.79 Å². The molecule has 2 aromatic rings. The normalized spacial score (nSPS) is 17.4. The Kier molecular flexibility index (Phi) is 5.89. The van der Waals surface area contributed by atoms with Gasteiger partial charge in [0.1, 0.15) is 5.75 Å². The van der Waals surface area contributed by atoms with E-state index in [2.05, 4.69) is 12.1 Å². The van der Waals surface area contributed by atoms with Gasteiger partial charge in [-0.3, -0.25) is 9.78 Å². The minimum absolute atomic E-state index is 0.200. The lowest BCUT2D eigenvalue weighted by Gasteiger charge is -2.33. The highest BCUT2D eigenvalue weighted by atomic mass is 16.5. The lowest BCUT2D eigenvalue weighted by Crippen LogP contribution is -2.43. The Labute approximate surface area is 155 Å². The molecular weight excluding hydrogens is 326 g/mol. The van der Waals surface area contributed by atoms with Gasteiger partial charge in [-0.1, -0.05) is 6.07 Å². The molecule has 0 unspecified atom stereocenters. The van der Waals surface area contributed by atoms with Crippen LogP contribution < -0.4 is 4.74 Å². The van der Waals surface area contributed by atoms with Gasteiger partial charge in [-0.2, -0.15) is 0 Å². The van der Waals surface area contributed by atoms with E-state index in [4.69, 9.17) is 9.72 Å². The largest absolute Gasteiger partial charge is 0.497 e. The Morgan fingerprint density at radius 3 is 2.69 bits per heavy atom. The highest BCUT2D eigenvalue weighted by Crippen LogP contribution is 2.28. The van der Waals surface area contributed by atoms with Gasteiger partial charge in [0.2, 0.25) is 5.91 Å². The monoisotopic (exact) mass is 353 g/mol. The maximum atomic E-state index is 12.4. The molecule has 3 rings (SSSR count). The van der Waals surface area contributed by atoms with Gasteiger partial charge in [-0.05, 0) is 63.3 Å². The van der Waals surface area contributed by atoms with E-state index >= 15 is 0 Å². The number of amides is 1. The van der Waals surface area contributed by atoms with Gasteiger partial charge in [0.05, 0.1) is 19.3 Å². The third-order valence-electron chi connectivity index (χ3n) is 4.80. The standard InChI is InChI=1S/C21H27N3O2/c1-23(2)15-21(25)24-13-5-6-17(14-24)20-8-4-7-19(22-20)16-9-11-18(26-3)12-10-16/h4,7-12,17H,5-6,13-15H2,1-3H3/t17-/m0/s1. The number of pyridine rings is 1. The van der Waals surface area contributed by atoms with E-state index in [1.54, 1.807) is 7.11 Å². The van der Waals surface area contributed by atoms with Crippen LogP contribution >= 0.6 is 0 Å². The molecule has 0 aliphatic carbocycles. The Morgan fingerprint density at radius 1 is 1.23 bits per heavy atom. The molecule has 0 saturated carbocycles. The van der Waals surface area contributed by atoms with Crippen LogP contribution in [0.2, 0.25) is 0 Å². The van der Waals surface area contributed by atoms with Crippen LogP contribution in [0.4, 0.5) is 0 Å². The molecule has 26 heavy (non-hydrogen) atoms. The maximum absolute atomic E-state index is 12.4. The van der Waals surface area contributed by atoms with Crippen LogP contribution in [-0.4, -0.2) is 61.5 Å². The number of carbonyl (C=O) groups is 1. The first-order valence-corrected chi connectivity index (χ1v) is 9.10. The quantitative estimate of drug-likeness (QED) is 0.829. The van der Waals surface area contributed by atoms with Gasteiger partial charge < -0.3 is 14.5 Å². The second-order valence-electron chi connectivity index (χ2n) is 7.09. The smallest absolute Gasteiger partial charge is 0.236 e. The summed E-state index contributed by atoms with van der Waals surface area (Å²) in [5.41, 5.74) is 3.10. The van der Waals surface area contributed by atoms with Crippen molar-refractivity contribution in [2.24, 2.45) is 0 Å². The lowest BCUT2D eigenvalue weighted by molar-refractivity contribution is -0.133. The van der Waals surface area contributed by atoms with Crippen molar-refractivity contribution in [1.82, 2.24) is 14.8 Å². The Hall–Kier alpha value is -2.40. The van der Waals surface area contributed by atoms with Crippen molar-refractivity contribution in [3.63, 3.8) is 0 Å². The molecule has 138 valence electrons. The number of hydrogen-bond donors (Lipinski definition) is 0. The Balaban J connectivity index is 1.75. The Bertz CT molecular complexity index is 743. The fraction of sp³-hybridized carbons (Fsp3) is 0.429. The molecule has 5 heteroatoms. The highest BCUT2D eigenvalue weighted by Gasteiger charge is 2.25. The van der Waals surface area contributed by atoms with Crippen molar-refractivity contribution in [2.75, 3.05) is 40.8 Å². The van der Waals surface area contributed by atoms with Crippen LogP contribution in [0.5, 0.6) is 5.75 Å². The number of likely N-dealkylation sites (tertiary alicyclic amines) is 1. The number of benzene rings is 1. The number of hydrogen-bond acceptors (Lipinski definition) is 4. The summed E-state index contributed by atoms with van der Waals surface area (Å²) in [5, 5.41) is 0. The van der Waals surface area contributed by atoms with Crippen molar-refractivity contribution in [1.29, 1.82) is 0 Å². The summed E-state index contributed by atoms with van der Waals surface area (Å²) >= 11 is 0. The summed E-state index contributed by atoms with van der Waals surface area (Å²) in [6.07, 6.45) is 2.10. The summed E-state index contributed by atoms with van der Waals surface area (Å²) in [6, 6.07) is 14.1. The molecule has 5 nitrogen and oxygen atoms in total. The van der Waals surface area contributed by atoms with E-state index in [1.165, 1.54) is 0 Å². The van der Waals surface area contributed by atoms with Crippen molar-refractivity contribution in [3.8, 4) is 17.0 Å². The second-order valence-corrected chi connectivity index (χ2v) is 7.09. The van der Waals surface area contributed by atoms with E-state index < -0.39 is 0 Å². The molecule has 1 aliphatic heterocycles. The molecule has 0 radical (unpaired) electrons. The summed E-state index contributed by atoms with van der Waals surface area (Å²) < 4.78 is 5.22. The van der Waals surface area contributed by atoms with Crippen molar-refractivity contribution in [2.45, 2.75) is 18.8 Å². The van der Waals surface area contributed by atoms with E-state index in [1.807, 2.05) is 54.2 Å². The number of carbonyl (C=O) groups excluding carboxylic acids is 1. The number of likely N-dealkylation sites (N-methyl/N-ethyl adjacent to an activating group) is 1. The summed E-state index contributed by atoms with van der Waals surface area (Å²) in [5.74, 6) is 1.34. The number of nitrogens with zero attached hydrogens (tertiary/aromatic N) is 3. The first-order chi connectivity index (χ1) is 12.6. The van der Waals surface area contributed by atoms with Gasteiger partial charge in [0, 0.05) is 30.3 Å². The van der Waals surface area contributed by atoms with E-state index in [9.17, 15) is 4.79 Å². The topological polar surface area (TPSA) is 45.7 Å². The van der Waals surface area contributed by atoms with Crippen molar-refractivity contribution < 1.29 is 9.53 Å². The van der Waals surface area contributed by atoms with Gasteiger partial charge in [0.25, 0.3) is 0 Å². The third kappa shape index (κ3) is 4.41. The molecule has 0 bridgehead atoms. The molecule has 1 atom stereocenters. The molecular formula is C21H27N3O2. The van der Waals surface area contributed by atoms with Gasteiger partial charge >= 0.3 is 0 Å². The van der Waals surface area contributed by atoms with E-state index in [-0.39, 0.29) is 5.91 Å². The maximum Gasteiger partial charge on any atom is 0.236 e. The average molecular weight is 353 g/mol. The second kappa shape index (κ2) is 8.32. The van der Waals surface area contributed by atoms with Crippen LogP contribution in [0, 0.1) is 0 Å². The molecule has 1 amide bonds. The third-order valence-corrected chi connectivity index (χ3v) is 4.80. The van der Waals surface area contributed by atoms with Crippen LogP contribution in [0.1, 0.15) is 24.5 Å². The number of piperidine rings is 1.